The minimum atomic E-state index is -3.12. The highest BCUT2D eigenvalue weighted by Gasteiger charge is 2.33. The van der Waals surface area contributed by atoms with Crippen molar-refractivity contribution in [1.29, 1.82) is 0 Å². The monoisotopic (exact) mass is 643 g/mol. The SMILES string of the molecule is CC(C)Oc1cc(-c2ccc(OC(F)F)cc2C(=O)N2CC(F)C2)cc(NC(=O)c2cc(CNC[C@@H]3CCCO3)cn(C)c2=O)n1. The summed E-state index contributed by atoms with van der Waals surface area (Å²) in [5.74, 6) is -1.43. The van der Waals surface area contributed by atoms with Gasteiger partial charge >= 0.3 is 6.61 Å². The van der Waals surface area contributed by atoms with E-state index in [9.17, 15) is 27.6 Å². The van der Waals surface area contributed by atoms with Crippen molar-refractivity contribution < 1.29 is 37.0 Å². The highest BCUT2D eigenvalue weighted by Crippen LogP contribution is 2.33. The largest absolute Gasteiger partial charge is 0.475 e. The summed E-state index contributed by atoms with van der Waals surface area (Å²) >= 11 is 0. The van der Waals surface area contributed by atoms with Crippen LogP contribution >= 0.6 is 0 Å². The Balaban J connectivity index is 1.45. The van der Waals surface area contributed by atoms with E-state index in [1.54, 1.807) is 27.1 Å². The van der Waals surface area contributed by atoms with Gasteiger partial charge in [-0.05, 0) is 73.7 Å². The van der Waals surface area contributed by atoms with Gasteiger partial charge in [-0.15, -0.1) is 0 Å². The molecule has 0 spiro atoms. The van der Waals surface area contributed by atoms with Crippen LogP contribution in [0.1, 0.15) is 53.0 Å². The third kappa shape index (κ3) is 8.04. The number of pyridine rings is 2. The summed E-state index contributed by atoms with van der Waals surface area (Å²) < 4.78 is 56.9. The average Bonchev–Trinajstić information content (AvgIpc) is 3.49. The van der Waals surface area contributed by atoms with Crippen molar-refractivity contribution in [3.8, 4) is 22.8 Å². The minimum Gasteiger partial charge on any atom is -0.475 e. The van der Waals surface area contributed by atoms with Crippen LogP contribution < -0.4 is 25.7 Å². The maximum atomic E-state index is 13.6. The smallest absolute Gasteiger partial charge is 0.387 e. The predicted molar refractivity (Wildman–Crippen MR) is 163 cm³/mol. The maximum Gasteiger partial charge on any atom is 0.387 e. The van der Waals surface area contributed by atoms with E-state index in [0.717, 1.165) is 19.4 Å². The van der Waals surface area contributed by atoms with Crippen LogP contribution in [-0.4, -0.2) is 77.5 Å². The van der Waals surface area contributed by atoms with Crippen LogP contribution in [0.2, 0.25) is 0 Å². The first-order valence-electron chi connectivity index (χ1n) is 15.0. The lowest BCUT2D eigenvalue weighted by molar-refractivity contribution is -0.0499. The quantitative estimate of drug-likeness (QED) is 0.302. The van der Waals surface area contributed by atoms with Crippen molar-refractivity contribution >= 4 is 17.6 Å². The molecule has 2 fully saturated rings. The zero-order chi connectivity index (χ0) is 33.0. The summed E-state index contributed by atoms with van der Waals surface area (Å²) in [6.45, 7) is 1.97. The standard InChI is InChI=1S/C32H36F3N5O6/c1-18(2)45-28-11-20(24-7-6-22(46-32(34)35)12-25(24)31(43)40-16-21(33)17-40)10-27(37-28)38-29(41)26-9-19(15-39(3)30(26)42)13-36-14-23-5-4-8-44-23/h6-7,9-12,15,18,21,23,32,36H,4-5,8,13-14,16-17H2,1-3H3,(H,37,38,41)/t23-/m0/s1. The number of anilines is 1. The summed E-state index contributed by atoms with van der Waals surface area (Å²) in [6.07, 6.45) is 2.28. The molecule has 2 N–H and O–H groups in total. The molecule has 14 heteroatoms. The molecule has 11 nitrogen and oxygen atoms in total. The highest BCUT2D eigenvalue weighted by atomic mass is 19.3. The summed E-state index contributed by atoms with van der Waals surface area (Å²) in [4.78, 5) is 45.4. The third-order valence-corrected chi connectivity index (χ3v) is 7.49. The number of halogens is 3. The molecule has 0 unspecified atom stereocenters. The van der Waals surface area contributed by atoms with E-state index in [1.807, 2.05) is 0 Å². The molecule has 1 aromatic carbocycles. The second-order valence-electron chi connectivity index (χ2n) is 11.5. The molecule has 2 aliphatic rings. The molecule has 246 valence electrons. The van der Waals surface area contributed by atoms with Gasteiger partial charge in [0.25, 0.3) is 17.4 Å². The summed E-state index contributed by atoms with van der Waals surface area (Å²) in [5.41, 5.74) is 0.715. The predicted octanol–water partition coefficient (Wildman–Crippen LogP) is 4.15. The molecule has 0 saturated carbocycles. The molecule has 3 aromatic rings. The van der Waals surface area contributed by atoms with Gasteiger partial charge in [-0.25, -0.2) is 4.39 Å². The summed E-state index contributed by atoms with van der Waals surface area (Å²) in [7, 11) is 1.55. The Morgan fingerprint density at radius 2 is 1.89 bits per heavy atom. The number of hydrogen-bond acceptors (Lipinski definition) is 8. The molecule has 2 amide bonds. The van der Waals surface area contributed by atoms with Gasteiger partial charge < -0.3 is 34.3 Å². The normalized spacial score (nSPS) is 16.5. The van der Waals surface area contributed by atoms with Crippen LogP contribution in [0, 0.1) is 0 Å². The Hall–Kier alpha value is -4.43. The summed E-state index contributed by atoms with van der Waals surface area (Å²) in [5, 5.41) is 5.96. The molecule has 2 aromatic heterocycles. The Morgan fingerprint density at radius 1 is 1.11 bits per heavy atom. The number of nitrogens with one attached hydrogen (secondary N) is 2. The first kappa shape index (κ1) is 32.9. The molecule has 0 bridgehead atoms. The number of carbonyl (C=O) groups is 2. The molecular formula is C32H36F3N5O6. The average molecular weight is 644 g/mol. The van der Waals surface area contributed by atoms with E-state index in [-0.39, 0.29) is 59.4 Å². The van der Waals surface area contributed by atoms with E-state index in [0.29, 0.717) is 24.2 Å². The number of nitrogens with zero attached hydrogens (tertiary/aromatic N) is 3. The van der Waals surface area contributed by atoms with Gasteiger partial charge in [-0.2, -0.15) is 13.8 Å². The van der Waals surface area contributed by atoms with E-state index in [2.05, 4.69) is 20.4 Å². The lowest BCUT2D eigenvalue weighted by atomic mass is 9.97. The number of hydrogen-bond donors (Lipinski definition) is 2. The molecule has 4 heterocycles. The fourth-order valence-corrected chi connectivity index (χ4v) is 5.32. The van der Waals surface area contributed by atoms with E-state index >= 15 is 0 Å². The molecule has 0 radical (unpaired) electrons. The fraction of sp³-hybridized carbons (Fsp3) is 0.438. The number of aryl methyl sites for hydroxylation is 1. The van der Waals surface area contributed by atoms with Crippen LogP contribution in [0.4, 0.5) is 19.0 Å². The molecule has 5 rings (SSSR count). The van der Waals surface area contributed by atoms with Crippen LogP contribution in [-0.2, 0) is 18.3 Å². The Labute approximate surface area is 263 Å². The number of benzene rings is 1. The number of rotatable bonds is 12. The molecular weight excluding hydrogens is 607 g/mol. The van der Waals surface area contributed by atoms with Crippen LogP contribution in [0.25, 0.3) is 11.1 Å². The fourth-order valence-electron chi connectivity index (χ4n) is 5.32. The maximum absolute atomic E-state index is 13.6. The third-order valence-electron chi connectivity index (χ3n) is 7.49. The Morgan fingerprint density at radius 3 is 2.57 bits per heavy atom. The van der Waals surface area contributed by atoms with Gasteiger partial charge in [0.15, 0.2) is 0 Å². The molecule has 46 heavy (non-hydrogen) atoms. The number of alkyl halides is 3. The number of carbonyl (C=O) groups excluding carboxylic acids is 2. The van der Waals surface area contributed by atoms with Gasteiger partial charge in [0.2, 0.25) is 5.88 Å². The van der Waals surface area contributed by atoms with E-state index in [1.165, 1.54) is 45.9 Å². The molecule has 2 aliphatic heterocycles. The van der Waals surface area contributed by atoms with Gasteiger partial charge in [-0.1, -0.05) is 0 Å². The Kier molecular flexibility index (Phi) is 10.3. The van der Waals surface area contributed by atoms with Gasteiger partial charge in [0.05, 0.1) is 30.9 Å². The van der Waals surface area contributed by atoms with Crippen molar-refractivity contribution in [3.05, 3.63) is 69.6 Å². The van der Waals surface area contributed by atoms with Crippen LogP contribution in [0.15, 0.2) is 47.4 Å². The molecule has 0 aliphatic carbocycles. The van der Waals surface area contributed by atoms with Crippen molar-refractivity contribution in [3.63, 3.8) is 0 Å². The van der Waals surface area contributed by atoms with Gasteiger partial charge in [0, 0.05) is 39.0 Å². The van der Waals surface area contributed by atoms with Crippen LogP contribution in [0.3, 0.4) is 0 Å². The number of ether oxygens (including phenoxy) is 3. The lowest BCUT2D eigenvalue weighted by Gasteiger charge is -2.34. The van der Waals surface area contributed by atoms with Gasteiger partial charge in [-0.3, -0.25) is 14.4 Å². The van der Waals surface area contributed by atoms with Gasteiger partial charge in [0.1, 0.15) is 23.3 Å². The molecule has 2 saturated heterocycles. The number of amides is 2. The topological polar surface area (TPSA) is 124 Å². The second kappa shape index (κ2) is 14.3. The van der Waals surface area contributed by atoms with Crippen molar-refractivity contribution in [2.75, 3.05) is 31.6 Å². The number of aromatic nitrogens is 2. The lowest BCUT2D eigenvalue weighted by Crippen LogP contribution is -2.51. The molecule has 1 atom stereocenters. The van der Waals surface area contributed by atoms with E-state index < -0.39 is 30.2 Å². The highest BCUT2D eigenvalue weighted by molar-refractivity contribution is 6.05. The summed E-state index contributed by atoms with van der Waals surface area (Å²) in [6, 6.07) is 8.37. The van der Waals surface area contributed by atoms with Crippen LogP contribution in [0.5, 0.6) is 11.6 Å². The first-order chi connectivity index (χ1) is 22.0. The first-order valence-corrected chi connectivity index (χ1v) is 15.0. The zero-order valence-electron chi connectivity index (χ0n) is 25.7. The van der Waals surface area contributed by atoms with Crippen molar-refractivity contribution in [2.45, 2.75) is 58.2 Å². The van der Waals surface area contributed by atoms with E-state index in [4.69, 9.17) is 9.47 Å². The second-order valence-corrected chi connectivity index (χ2v) is 11.5. The minimum absolute atomic E-state index is 0.0129. The number of likely N-dealkylation sites (tertiary alicyclic amines) is 1. The van der Waals surface area contributed by atoms with Crippen molar-refractivity contribution in [2.24, 2.45) is 7.05 Å². The Bertz CT molecular complexity index is 1640. The van der Waals surface area contributed by atoms with Crippen molar-refractivity contribution in [1.82, 2.24) is 19.8 Å². The zero-order valence-corrected chi connectivity index (χ0v) is 25.7.